The van der Waals surface area contributed by atoms with Gasteiger partial charge in [-0.2, -0.15) is 0 Å². The Hall–Kier alpha value is -2.69. The van der Waals surface area contributed by atoms with Crippen molar-refractivity contribution >= 4 is 11.7 Å². The number of nitrogens with zero attached hydrogens (tertiary/aromatic N) is 1. The first kappa shape index (κ1) is 18.1. The van der Waals surface area contributed by atoms with E-state index in [9.17, 15) is 14.0 Å². The van der Waals surface area contributed by atoms with Gasteiger partial charge in [-0.25, -0.2) is 4.39 Å². The average Bonchev–Trinajstić information content (AvgIpc) is 2.66. The molecule has 1 amide bonds. The first-order valence-corrected chi connectivity index (χ1v) is 8.84. The summed E-state index contributed by atoms with van der Waals surface area (Å²) in [4.78, 5) is 26.4. The summed E-state index contributed by atoms with van der Waals surface area (Å²) in [5, 5.41) is 0. The number of ketones is 1. The van der Waals surface area contributed by atoms with Crippen LogP contribution in [0.2, 0.25) is 0 Å². The van der Waals surface area contributed by atoms with E-state index in [4.69, 9.17) is 4.74 Å². The molecule has 1 atom stereocenters. The Balaban J connectivity index is 1.56. The average molecular weight is 355 g/mol. The number of likely N-dealkylation sites (tertiary alicyclic amines) is 1. The van der Waals surface area contributed by atoms with Gasteiger partial charge >= 0.3 is 0 Å². The summed E-state index contributed by atoms with van der Waals surface area (Å²) in [5.41, 5.74) is 0.912. The first-order chi connectivity index (χ1) is 12.5. The molecule has 0 unspecified atom stereocenters. The summed E-state index contributed by atoms with van der Waals surface area (Å²) < 4.78 is 18.5. The molecule has 0 aliphatic carbocycles. The summed E-state index contributed by atoms with van der Waals surface area (Å²) in [6.45, 7) is 3.72. The maximum absolute atomic E-state index is 13.0. The minimum Gasteiger partial charge on any atom is -0.484 e. The van der Waals surface area contributed by atoms with Gasteiger partial charge in [-0.3, -0.25) is 9.59 Å². The van der Waals surface area contributed by atoms with Crippen LogP contribution in [0.25, 0.3) is 0 Å². The van der Waals surface area contributed by atoms with E-state index in [-0.39, 0.29) is 24.1 Å². The molecule has 3 rings (SSSR count). The Morgan fingerprint density at radius 2 is 1.69 bits per heavy atom. The van der Waals surface area contributed by atoms with Crippen LogP contribution in [0.3, 0.4) is 0 Å². The number of benzene rings is 2. The summed E-state index contributed by atoms with van der Waals surface area (Å²) in [6, 6.07) is 12.1. The van der Waals surface area contributed by atoms with E-state index in [1.807, 2.05) is 4.90 Å². The van der Waals surface area contributed by atoms with Gasteiger partial charge in [0.05, 0.1) is 0 Å². The largest absolute Gasteiger partial charge is 0.484 e. The molecule has 1 fully saturated rings. The molecule has 1 aliphatic heterocycles. The van der Waals surface area contributed by atoms with Crippen molar-refractivity contribution in [2.75, 3.05) is 19.7 Å². The Kier molecular flexibility index (Phi) is 5.66. The third-order valence-electron chi connectivity index (χ3n) is 4.59. The SMILES string of the molecule is C[C@H]1CCCN(C(=O)COc2ccc(C(=O)c3ccc(F)cc3)cc2)C1. The number of carbonyl (C=O) groups is 2. The van der Waals surface area contributed by atoms with E-state index >= 15 is 0 Å². The molecule has 5 heteroatoms. The summed E-state index contributed by atoms with van der Waals surface area (Å²) in [6.07, 6.45) is 2.20. The Labute approximate surface area is 152 Å². The topological polar surface area (TPSA) is 46.6 Å². The van der Waals surface area contributed by atoms with E-state index < -0.39 is 0 Å². The van der Waals surface area contributed by atoms with Gasteiger partial charge in [0.25, 0.3) is 5.91 Å². The smallest absolute Gasteiger partial charge is 0.260 e. The van der Waals surface area contributed by atoms with E-state index in [0.717, 1.165) is 25.9 Å². The van der Waals surface area contributed by atoms with Gasteiger partial charge in [0.2, 0.25) is 0 Å². The molecule has 0 N–H and O–H groups in total. The summed E-state index contributed by atoms with van der Waals surface area (Å²) in [5.74, 6) is 0.500. The standard InChI is InChI=1S/C21H22FNO3/c1-15-3-2-12-23(13-15)20(24)14-26-19-10-6-17(7-11-19)21(25)16-4-8-18(22)9-5-16/h4-11,15H,2-3,12-14H2,1H3/t15-/m0/s1. The number of halogens is 1. The lowest BCUT2D eigenvalue weighted by Gasteiger charge is -2.30. The molecule has 0 spiro atoms. The van der Waals surface area contributed by atoms with E-state index in [1.54, 1.807) is 24.3 Å². The Morgan fingerprint density at radius 3 is 2.31 bits per heavy atom. The number of hydrogen-bond donors (Lipinski definition) is 0. The Bertz CT molecular complexity index is 771. The lowest BCUT2D eigenvalue weighted by Crippen LogP contribution is -2.41. The number of rotatable bonds is 5. The predicted octanol–water partition coefficient (Wildman–Crippen LogP) is 3.69. The molecule has 0 saturated carbocycles. The van der Waals surface area contributed by atoms with Gasteiger partial charge in [0.15, 0.2) is 12.4 Å². The van der Waals surface area contributed by atoms with Gasteiger partial charge in [0, 0.05) is 24.2 Å². The first-order valence-electron chi connectivity index (χ1n) is 8.84. The number of ether oxygens (including phenoxy) is 1. The van der Waals surface area contributed by atoms with Gasteiger partial charge in [0.1, 0.15) is 11.6 Å². The van der Waals surface area contributed by atoms with Gasteiger partial charge in [-0.1, -0.05) is 6.92 Å². The van der Waals surface area contributed by atoms with Gasteiger partial charge in [-0.05, 0) is 67.3 Å². The quantitative estimate of drug-likeness (QED) is 0.769. The fourth-order valence-electron chi connectivity index (χ4n) is 3.12. The molecule has 1 saturated heterocycles. The molecule has 2 aromatic rings. The fraction of sp³-hybridized carbons (Fsp3) is 0.333. The highest BCUT2D eigenvalue weighted by molar-refractivity contribution is 6.09. The third-order valence-corrected chi connectivity index (χ3v) is 4.59. The van der Waals surface area contributed by atoms with Crippen LogP contribution in [0.4, 0.5) is 4.39 Å². The maximum Gasteiger partial charge on any atom is 0.260 e. The normalized spacial score (nSPS) is 17.0. The summed E-state index contributed by atoms with van der Waals surface area (Å²) in [7, 11) is 0. The second-order valence-electron chi connectivity index (χ2n) is 6.74. The molecule has 1 heterocycles. The van der Waals surface area contributed by atoms with Crippen LogP contribution < -0.4 is 4.74 Å². The molecular weight excluding hydrogens is 333 g/mol. The fourth-order valence-corrected chi connectivity index (χ4v) is 3.12. The number of hydrogen-bond acceptors (Lipinski definition) is 3. The van der Waals surface area contributed by atoms with Crippen LogP contribution in [0.15, 0.2) is 48.5 Å². The zero-order valence-corrected chi connectivity index (χ0v) is 14.8. The second kappa shape index (κ2) is 8.13. The van der Waals surface area contributed by atoms with Crippen molar-refractivity contribution in [3.8, 4) is 5.75 Å². The highest BCUT2D eigenvalue weighted by Gasteiger charge is 2.21. The molecule has 4 nitrogen and oxygen atoms in total. The van der Waals surface area contributed by atoms with E-state index in [1.165, 1.54) is 24.3 Å². The van der Waals surface area contributed by atoms with Crippen molar-refractivity contribution in [1.29, 1.82) is 0 Å². The molecule has 0 radical (unpaired) electrons. The maximum atomic E-state index is 13.0. The highest BCUT2D eigenvalue weighted by Crippen LogP contribution is 2.18. The van der Waals surface area contributed by atoms with Crippen LogP contribution in [-0.2, 0) is 4.79 Å². The van der Waals surface area contributed by atoms with Crippen LogP contribution >= 0.6 is 0 Å². The molecule has 1 aliphatic rings. The zero-order valence-electron chi connectivity index (χ0n) is 14.8. The Morgan fingerprint density at radius 1 is 1.08 bits per heavy atom. The molecule has 2 aromatic carbocycles. The molecule has 136 valence electrons. The van der Waals surface area contributed by atoms with Crippen molar-refractivity contribution in [3.05, 3.63) is 65.5 Å². The van der Waals surface area contributed by atoms with Crippen molar-refractivity contribution < 1.29 is 18.7 Å². The van der Waals surface area contributed by atoms with Crippen molar-refractivity contribution in [3.63, 3.8) is 0 Å². The minimum absolute atomic E-state index is 0.00201. The van der Waals surface area contributed by atoms with Crippen LogP contribution in [0.5, 0.6) is 5.75 Å². The number of carbonyl (C=O) groups excluding carboxylic acids is 2. The second-order valence-corrected chi connectivity index (χ2v) is 6.74. The molecule has 0 bridgehead atoms. The molecular formula is C21H22FNO3. The predicted molar refractivity (Wildman–Crippen MR) is 96.7 cm³/mol. The third kappa shape index (κ3) is 4.48. The lowest BCUT2D eigenvalue weighted by molar-refractivity contribution is -0.135. The summed E-state index contributed by atoms with van der Waals surface area (Å²) >= 11 is 0. The zero-order chi connectivity index (χ0) is 18.5. The molecule has 26 heavy (non-hydrogen) atoms. The lowest BCUT2D eigenvalue weighted by atomic mass is 10.0. The molecule has 0 aromatic heterocycles. The van der Waals surface area contributed by atoms with Gasteiger partial charge in [-0.15, -0.1) is 0 Å². The monoisotopic (exact) mass is 355 g/mol. The van der Waals surface area contributed by atoms with Crippen LogP contribution in [0, 0.1) is 11.7 Å². The van der Waals surface area contributed by atoms with Gasteiger partial charge < -0.3 is 9.64 Å². The highest BCUT2D eigenvalue weighted by atomic mass is 19.1. The van der Waals surface area contributed by atoms with E-state index in [0.29, 0.717) is 22.8 Å². The minimum atomic E-state index is -0.377. The van der Waals surface area contributed by atoms with Crippen molar-refractivity contribution in [2.45, 2.75) is 19.8 Å². The van der Waals surface area contributed by atoms with Crippen LogP contribution in [-0.4, -0.2) is 36.3 Å². The number of piperidine rings is 1. The van der Waals surface area contributed by atoms with Crippen molar-refractivity contribution in [1.82, 2.24) is 4.90 Å². The van der Waals surface area contributed by atoms with Crippen molar-refractivity contribution in [2.24, 2.45) is 5.92 Å². The van der Waals surface area contributed by atoms with E-state index in [2.05, 4.69) is 6.92 Å². The number of amides is 1. The van der Waals surface area contributed by atoms with Crippen LogP contribution in [0.1, 0.15) is 35.7 Å².